The Balaban J connectivity index is 2.04. The molecule has 1 fully saturated rings. The summed E-state index contributed by atoms with van der Waals surface area (Å²) < 4.78 is 10.9. The number of methoxy groups -OCH3 is 1. The third kappa shape index (κ3) is 4.99. The van der Waals surface area contributed by atoms with E-state index in [4.69, 9.17) is 9.47 Å². The number of aliphatic hydroxyl groups is 1. The van der Waals surface area contributed by atoms with Crippen LogP contribution in [0.1, 0.15) is 43.0 Å². The Morgan fingerprint density at radius 2 is 1.91 bits per heavy atom. The van der Waals surface area contributed by atoms with E-state index in [2.05, 4.69) is 18.8 Å². The number of aromatic nitrogens is 1. The summed E-state index contributed by atoms with van der Waals surface area (Å²) in [6, 6.07) is 8.13. The molecule has 0 saturated carbocycles. The van der Waals surface area contributed by atoms with Crippen LogP contribution in [0.25, 0.3) is 5.76 Å². The molecular weight excluding hydrogens is 408 g/mol. The van der Waals surface area contributed by atoms with Gasteiger partial charge in [-0.25, -0.2) is 0 Å². The van der Waals surface area contributed by atoms with E-state index in [9.17, 15) is 14.7 Å². The number of aryl methyl sites for hydroxylation is 1. The van der Waals surface area contributed by atoms with Crippen LogP contribution < -0.4 is 4.74 Å². The van der Waals surface area contributed by atoms with Crippen molar-refractivity contribution in [3.05, 3.63) is 65.0 Å². The summed E-state index contributed by atoms with van der Waals surface area (Å²) in [4.78, 5) is 31.4. The van der Waals surface area contributed by atoms with Gasteiger partial charge < -0.3 is 19.5 Å². The summed E-state index contributed by atoms with van der Waals surface area (Å²) in [7, 11) is 1.59. The molecule has 0 spiro atoms. The first kappa shape index (κ1) is 23.5. The minimum absolute atomic E-state index is 0.0811. The van der Waals surface area contributed by atoms with Gasteiger partial charge in [-0.15, -0.1) is 0 Å². The number of amides is 1. The van der Waals surface area contributed by atoms with Crippen LogP contribution in [0.4, 0.5) is 0 Å². The first-order valence-electron chi connectivity index (χ1n) is 10.8. The number of aliphatic hydroxyl groups excluding tert-OH is 1. The first-order chi connectivity index (χ1) is 15.3. The van der Waals surface area contributed by atoms with Gasteiger partial charge in [0.2, 0.25) is 0 Å². The van der Waals surface area contributed by atoms with Gasteiger partial charge in [-0.1, -0.05) is 13.8 Å². The van der Waals surface area contributed by atoms with Gasteiger partial charge in [-0.05, 0) is 60.7 Å². The summed E-state index contributed by atoms with van der Waals surface area (Å²) in [5.74, 6) is -0.427. The van der Waals surface area contributed by atoms with E-state index >= 15 is 0 Å². The van der Waals surface area contributed by atoms with Crippen molar-refractivity contribution in [1.29, 1.82) is 0 Å². The van der Waals surface area contributed by atoms with Crippen molar-refractivity contribution in [3.8, 4) is 5.75 Å². The van der Waals surface area contributed by atoms with Gasteiger partial charge in [0.15, 0.2) is 0 Å². The zero-order valence-electron chi connectivity index (χ0n) is 19.0. The Bertz CT molecular complexity index is 1000. The highest BCUT2D eigenvalue weighted by Gasteiger charge is 2.45. The van der Waals surface area contributed by atoms with Crippen molar-refractivity contribution in [2.45, 2.75) is 33.2 Å². The van der Waals surface area contributed by atoms with E-state index in [1.165, 1.54) is 4.90 Å². The first-order valence-corrected chi connectivity index (χ1v) is 10.8. The maximum atomic E-state index is 13.0. The van der Waals surface area contributed by atoms with Crippen LogP contribution in [-0.2, 0) is 14.3 Å². The molecule has 1 aromatic heterocycles. The molecule has 7 heteroatoms. The number of pyridine rings is 1. The zero-order chi connectivity index (χ0) is 23.3. The lowest BCUT2D eigenvalue weighted by Gasteiger charge is -2.25. The number of carbonyl (C=O) groups is 2. The molecule has 0 aliphatic carbocycles. The SMILES string of the molecule is COCCCN1C(=O)C(=O)C(=C(O)c2ccc(OCC(C)C)cc2C)[C@@H]1c1ccncc1. The summed E-state index contributed by atoms with van der Waals surface area (Å²) in [5.41, 5.74) is 2.05. The van der Waals surface area contributed by atoms with Crippen LogP contribution in [0.3, 0.4) is 0 Å². The maximum Gasteiger partial charge on any atom is 0.295 e. The average Bonchev–Trinajstić information content (AvgIpc) is 3.03. The Hall–Kier alpha value is -3.19. The van der Waals surface area contributed by atoms with E-state index in [1.807, 2.05) is 13.0 Å². The van der Waals surface area contributed by atoms with E-state index in [-0.39, 0.29) is 11.3 Å². The van der Waals surface area contributed by atoms with Crippen molar-refractivity contribution >= 4 is 17.4 Å². The van der Waals surface area contributed by atoms with E-state index in [1.54, 1.807) is 43.8 Å². The van der Waals surface area contributed by atoms with Crippen LogP contribution in [0.2, 0.25) is 0 Å². The Labute approximate surface area is 188 Å². The Morgan fingerprint density at radius 3 is 2.53 bits per heavy atom. The highest BCUT2D eigenvalue weighted by atomic mass is 16.5. The number of ketones is 1. The number of carbonyl (C=O) groups excluding carboxylic acids is 2. The highest BCUT2D eigenvalue weighted by molar-refractivity contribution is 6.46. The van der Waals surface area contributed by atoms with Crippen molar-refractivity contribution in [2.24, 2.45) is 5.92 Å². The number of ether oxygens (including phenoxy) is 2. The van der Waals surface area contributed by atoms with Crippen molar-refractivity contribution in [3.63, 3.8) is 0 Å². The number of hydrogen-bond acceptors (Lipinski definition) is 6. The Kier molecular flexibility index (Phi) is 7.64. The molecule has 1 N–H and O–H groups in total. The summed E-state index contributed by atoms with van der Waals surface area (Å²) in [6.07, 6.45) is 3.79. The molecular formula is C25H30N2O5. The normalized spacial score (nSPS) is 17.9. The summed E-state index contributed by atoms with van der Waals surface area (Å²) >= 11 is 0. The van der Waals surface area contributed by atoms with Crippen LogP contribution in [0.15, 0.2) is 48.3 Å². The molecule has 0 unspecified atom stereocenters. The average molecular weight is 439 g/mol. The second-order valence-corrected chi connectivity index (χ2v) is 8.30. The molecule has 2 aromatic rings. The molecule has 170 valence electrons. The lowest BCUT2D eigenvalue weighted by atomic mass is 9.94. The molecule has 32 heavy (non-hydrogen) atoms. The van der Waals surface area contributed by atoms with E-state index in [0.29, 0.717) is 49.0 Å². The van der Waals surface area contributed by atoms with Crippen LogP contribution >= 0.6 is 0 Å². The van der Waals surface area contributed by atoms with Crippen LogP contribution in [-0.4, -0.2) is 53.5 Å². The van der Waals surface area contributed by atoms with E-state index < -0.39 is 17.7 Å². The molecule has 1 atom stereocenters. The fourth-order valence-electron chi connectivity index (χ4n) is 3.78. The lowest BCUT2D eigenvalue weighted by molar-refractivity contribution is -0.140. The fourth-order valence-corrected chi connectivity index (χ4v) is 3.78. The number of Topliss-reactive ketones (excluding diaryl/α,β-unsaturated/α-hetero) is 1. The second-order valence-electron chi connectivity index (χ2n) is 8.30. The van der Waals surface area contributed by atoms with Crippen LogP contribution in [0.5, 0.6) is 5.75 Å². The molecule has 1 amide bonds. The van der Waals surface area contributed by atoms with Crippen LogP contribution in [0, 0.1) is 12.8 Å². The van der Waals surface area contributed by atoms with Gasteiger partial charge in [0.1, 0.15) is 11.5 Å². The fraction of sp³-hybridized carbons (Fsp3) is 0.400. The smallest absolute Gasteiger partial charge is 0.295 e. The highest BCUT2D eigenvalue weighted by Crippen LogP contribution is 2.40. The summed E-state index contributed by atoms with van der Waals surface area (Å²) in [6.45, 7) is 7.36. The van der Waals surface area contributed by atoms with Crippen molar-refractivity contribution in [2.75, 3.05) is 26.9 Å². The van der Waals surface area contributed by atoms with Gasteiger partial charge in [-0.3, -0.25) is 14.6 Å². The van der Waals surface area contributed by atoms with Gasteiger partial charge in [0.25, 0.3) is 11.7 Å². The number of likely N-dealkylation sites (tertiary alicyclic amines) is 1. The summed E-state index contributed by atoms with van der Waals surface area (Å²) in [5, 5.41) is 11.2. The monoisotopic (exact) mass is 438 g/mol. The lowest BCUT2D eigenvalue weighted by Crippen LogP contribution is -2.31. The second kappa shape index (κ2) is 10.4. The molecule has 2 heterocycles. The minimum atomic E-state index is -0.693. The molecule has 1 saturated heterocycles. The molecule has 1 aliphatic heterocycles. The number of rotatable bonds is 9. The molecule has 7 nitrogen and oxygen atoms in total. The number of hydrogen-bond donors (Lipinski definition) is 1. The molecule has 0 radical (unpaired) electrons. The van der Waals surface area contributed by atoms with Crippen molar-refractivity contribution in [1.82, 2.24) is 9.88 Å². The quantitative estimate of drug-likeness (QED) is 0.277. The molecule has 1 aliphatic rings. The molecule has 0 bridgehead atoms. The number of nitrogens with zero attached hydrogens (tertiary/aromatic N) is 2. The standard InChI is InChI=1S/C25H30N2O5/c1-16(2)15-32-19-6-7-20(17(3)14-19)23(28)21-22(18-8-10-26-11-9-18)27(12-5-13-31-4)25(30)24(21)29/h6-11,14,16,22,28H,5,12-13,15H2,1-4H3/t22-/m0/s1. The van der Waals surface area contributed by atoms with E-state index in [0.717, 1.165) is 5.56 Å². The van der Waals surface area contributed by atoms with Gasteiger partial charge in [-0.2, -0.15) is 0 Å². The third-order valence-electron chi connectivity index (χ3n) is 5.35. The third-order valence-corrected chi connectivity index (χ3v) is 5.35. The predicted octanol–water partition coefficient (Wildman–Crippen LogP) is 3.88. The maximum absolute atomic E-state index is 13.0. The van der Waals surface area contributed by atoms with Gasteiger partial charge in [0.05, 0.1) is 18.2 Å². The van der Waals surface area contributed by atoms with Gasteiger partial charge >= 0.3 is 0 Å². The Morgan fingerprint density at radius 1 is 1.19 bits per heavy atom. The topological polar surface area (TPSA) is 89.0 Å². The minimum Gasteiger partial charge on any atom is -0.507 e. The zero-order valence-corrected chi connectivity index (χ0v) is 19.0. The predicted molar refractivity (Wildman–Crippen MR) is 121 cm³/mol. The molecule has 1 aromatic carbocycles. The largest absolute Gasteiger partial charge is 0.507 e. The molecule has 3 rings (SSSR count). The van der Waals surface area contributed by atoms with Gasteiger partial charge in [0, 0.05) is 38.2 Å². The number of benzene rings is 1. The van der Waals surface area contributed by atoms with Crippen molar-refractivity contribution < 1.29 is 24.2 Å².